The van der Waals surface area contributed by atoms with Crippen LogP contribution in [0.2, 0.25) is 0 Å². The van der Waals surface area contributed by atoms with Gasteiger partial charge >= 0.3 is 0 Å². The molecule has 0 radical (unpaired) electrons. The van der Waals surface area contributed by atoms with Gasteiger partial charge in [0.25, 0.3) is 0 Å². The molecule has 106 valence electrons. The molecular weight excluding hydrogens is 280 g/mol. The number of nitrogen functional groups attached to an aromatic ring is 1. The molecule has 0 saturated carbocycles. The van der Waals surface area contributed by atoms with Gasteiger partial charge in [-0.05, 0) is 12.7 Å². The molecule has 1 aliphatic heterocycles. The fourth-order valence-corrected chi connectivity index (χ4v) is 4.50. The highest BCUT2D eigenvalue weighted by atomic mass is 32.2. The van der Waals surface area contributed by atoms with Crippen LogP contribution in [0.5, 0.6) is 0 Å². The van der Waals surface area contributed by atoms with Crippen LogP contribution < -0.4 is 10.6 Å². The van der Waals surface area contributed by atoms with Gasteiger partial charge in [-0.25, -0.2) is 0 Å². The molecule has 0 amide bonds. The van der Waals surface area contributed by atoms with E-state index in [1.54, 1.807) is 11.8 Å². The van der Waals surface area contributed by atoms with Gasteiger partial charge in [0.1, 0.15) is 5.00 Å². The number of hydrogen-bond donors (Lipinski definition) is 2. The maximum Gasteiger partial charge on any atom is 0.177 e. The zero-order valence-corrected chi connectivity index (χ0v) is 13.1. The summed E-state index contributed by atoms with van der Waals surface area (Å²) >= 11 is 3.04. The van der Waals surface area contributed by atoms with E-state index in [0.29, 0.717) is 17.1 Å². The molecule has 3 N–H and O–H groups in total. The number of aliphatic hydroxyl groups excluding tert-OH is 1. The first-order chi connectivity index (χ1) is 8.95. The number of carbonyl (C=O) groups excluding carboxylic acids is 1. The molecule has 0 bridgehead atoms. The minimum atomic E-state index is -0.276. The van der Waals surface area contributed by atoms with Gasteiger partial charge in [-0.2, -0.15) is 0 Å². The summed E-state index contributed by atoms with van der Waals surface area (Å²) in [5.41, 5.74) is 6.74. The van der Waals surface area contributed by atoms with E-state index >= 15 is 0 Å². The molecule has 1 aromatic heterocycles. The summed E-state index contributed by atoms with van der Waals surface area (Å²) in [5.74, 6) is 0.0523. The summed E-state index contributed by atoms with van der Waals surface area (Å²) in [6, 6.07) is 0. The highest BCUT2D eigenvalue weighted by Gasteiger charge is 2.28. The predicted octanol–water partition coefficient (Wildman–Crippen LogP) is 2.46. The molecule has 1 atom stereocenters. The number of nitrogens with two attached hydrogens (primary N) is 1. The van der Waals surface area contributed by atoms with Crippen LogP contribution >= 0.6 is 23.1 Å². The van der Waals surface area contributed by atoms with Crippen molar-refractivity contribution in [2.45, 2.75) is 31.3 Å². The normalized spacial score (nSPS) is 19.4. The van der Waals surface area contributed by atoms with Crippen LogP contribution in [0.15, 0.2) is 4.90 Å². The Balaban J connectivity index is 2.39. The molecule has 1 aromatic rings. The van der Waals surface area contributed by atoms with Crippen molar-refractivity contribution in [1.82, 2.24) is 0 Å². The fraction of sp³-hybridized carbons (Fsp3) is 0.615. The van der Waals surface area contributed by atoms with Gasteiger partial charge in [-0.15, -0.1) is 23.1 Å². The van der Waals surface area contributed by atoms with Gasteiger partial charge in [-0.1, -0.05) is 13.8 Å². The molecule has 19 heavy (non-hydrogen) atoms. The van der Waals surface area contributed by atoms with Crippen molar-refractivity contribution in [2.24, 2.45) is 5.92 Å². The first-order valence-corrected chi connectivity index (χ1v) is 8.43. The summed E-state index contributed by atoms with van der Waals surface area (Å²) in [6.45, 7) is 5.23. The molecule has 0 spiro atoms. The molecular formula is C13H20N2O2S2. The van der Waals surface area contributed by atoms with Crippen LogP contribution in [-0.4, -0.2) is 36.3 Å². The van der Waals surface area contributed by atoms with Crippen LogP contribution in [0.25, 0.3) is 0 Å². The molecule has 2 heterocycles. The minimum Gasteiger partial charge on any atom is -0.396 e. The summed E-state index contributed by atoms with van der Waals surface area (Å²) < 4.78 is 0. The third-order valence-electron chi connectivity index (χ3n) is 3.29. The molecule has 6 heteroatoms. The lowest BCUT2D eigenvalue weighted by Gasteiger charge is -2.16. The second kappa shape index (κ2) is 5.73. The average molecular weight is 300 g/mol. The molecule has 1 fully saturated rings. The largest absolute Gasteiger partial charge is 0.396 e. The Morgan fingerprint density at radius 1 is 1.58 bits per heavy atom. The number of thiophene rings is 1. The lowest BCUT2D eigenvalue weighted by molar-refractivity contribution is 0.0944. The Bertz CT molecular complexity index is 485. The number of anilines is 2. The Kier molecular flexibility index (Phi) is 4.43. The second-order valence-electron chi connectivity index (χ2n) is 5.09. The molecule has 1 saturated heterocycles. The number of rotatable bonds is 4. The molecule has 1 aliphatic rings. The number of aliphatic hydroxyl groups is 1. The minimum absolute atomic E-state index is 0.0484. The third-order valence-corrected chi connectivity index (χ3v) is 5.52. The number of ketones is 1. The van der Waals surface area contributed by atoms with E-state index in [4.69, 9.17) is 5.73 Å². The topological polar surface area (TPSA) is 66.6 Å². The van der Waals surface area contributed by atoms with Crippen LogP contribution in [0, 0.1) is 5.92 Å². The van der Waals surface area contributed by atoms with E-state index in [1.165, 1.54) is 11.3 Å². The first kappa shape index (κ1) is 14.7. The number of Topliss-reactive ketones (excluding diaryl/α,β-unsaturated/α-hetero) is 1. The van der Waals surface area contributed by atoms with Crippen LogP contribution in [-0.2, 0) is 0 Å². The fourth-order valence-electron chi connectivity index (χ4n) is 2.19. The van der Waals surface area contributed by atoms with Gasteiger partial charge in [0, 0.05) is 19.0 Å². The maximum atomic E-state index is 12.2. The molecule has 4 nitrogen and oxygen atoms in total. The Hall–Kier alpha value is -0.720. The third kappa shape index (κ3) is 2.75. The number of β-amino-alcohol motifs (C(OH)–C–C–N with tert-alkyl or cyclic N) is 1. The van der Waals surface area contributed by atoms with E-state index < -0.39 is 0 Å². The standard InChI is InChI=1S/C13H20N2O2S2/c1-7(2)10(17)11-9(14)12(18-3)13(19-11)15-5-4-8(16)6-15/h7-8,16H,4-6,14H2,1-3H3. The SMILES string of the molecule is CSc1c(N2CCC(O)C2)sc(C(=O)C(C)C)c1N. The summed E-state index contributed by atoms with van der Waals surface area (Å²) in [4.78, 5) is 16.0. The Morgan fingerprint density at radius 2 is 2.26 bits per heavy atom. The van der Waals surface area contributed by atoms with Gasteiger partial charge < -0.3 is 15.7 Å². The van der Waals surface area contributed by atoms with Crippen molar-refractivity contribution in [3.63, 3.8) is 0 Å². The predicted molar refractivity (Wildman–Crippen MR) is 82.5 cm³/mol. The highest BCUT2D eigenvalue weighted by molar-refractivity contribution is 7.99. The Labute approximate surface area is 122 Å². The van der Waals surface area contributed by atoms with Crippen molar-refractivity contribution >= 4 is 39.6 Å². The number of hydrogen-bond acceptors (Lipinski definition) is 6. The monoisotopic (exact) mass is 300 g/mol. The van der Waals surface area contributed by atoms with Crippen LogP contribution in [0.1, 0.15) is 29.9 Å². The van der Waals surface area contributed by atoms with Gasteiger partial charge in [0.15, 0.2) is 5.78 Å². The lowest BCUT2D eigenvalue weighted by atomic mass is 10.1. The van der Waals surface area contributed by atoms with E-state index in [-0.39, 0.29) is 17.8 Å². The van der Waals surface area contributed by atoms with Gasteiger partial charge in [0.2, 0.25) is 0 Å². The van der Waals surface area contributed by atoms with Crippen LogP contribution in [0.4, 0.5) is 10.7 Å². The number of thioether (sulfide) groups is 1. The van der Waals surface area contributed by atoms with E-state index in [1.807, 2.05) is 20.1 Å². The number of nitrogens with zero attached hydrogens (tertiary/aromatic N) is 1. The summed E-state index contributed by atoms with van der Waals surface area (Å²) in [5, 5.41) is 10.7. The summed E-state index contributed by atoms with van der Waals surface area (Å²) in [6.07, 6.45) is 2.47. The van der Waals surface area contributed by atoms with Gasteiger partial charge in [-0.3, -0.25) is 4.79 Å². The van der Waals surface area contributed by atoms with E-state index in [9.17, 15) is 9.90 Å². The lowest BCUT2D eigenvalue weighted by Crippen LogP contribution is -2.20. The van der Waals surface area contributed by atoms with Gasteiger partial charge in [0.05, 0.1) is 21.6 Å². The van der Waals surface area contributed by atoms with Crippen molar-refractivity contribution in [1.29, 1.82) is 0 Å². The number of carbonyl (C=O) groups is 1. The summed E-state index contributed by atoms with van der Waals surface area (Å²) in [7, 11) is 0. The maximum absolute atomic E-state index is 12.2. The molecule has 0 aliphatic carbocycles. The Morgan fingerprint density at radius 3 is 2.74 bits per heavy atom. The van der Waals surface area contributed by atoms with Crippen molar-refractivity contribution in [3.8, 4) is 0 Å². The van der Waals surface area contributed by atoms with Crippen molar-refractivity contribution in [3.05, 3.63) is 4.88 Å². The quantitative estimate of drug-likeness (QED) is 0.660. The zero-order chi connectivity index (χ0) is 14.2. The second-order valence-corrected chi connectivity index (χ2v) is 6.91. The molecule has 2 rings (SSSR count). The van der Waals surface area contributed by atoms with Crippen molar-refractivity contribution < 1.29 is 9.90 Å². The smallest absolute Gasteiger partial charge is 0.177 e. The van der Waals surface area contributed by atoms with Crippen LogP contribution in [0.3, 0.4) is 0 Å². The average Bonchev–Trinajstić information content (AvgIpc) is 2.92. The molecule has 1 unspecified atom stereocenters. The highest BCUT2D eigenvalue weighted by Crippen LogP contribution is 2.45. The van der Waals surface area contributed by atoms with E-state index in [2.05, 4.69) is 4.90 Å². The molecule has 0 aromatic carbocycles. The van der Waals surface area contributed by atoms with Crippen molar-refractivity contribution in [2.75, 3.05) is 30.0 Å². The first-order valence-electron chi connectivity index (χ1n) is 6.39. The zero-order valence-electron chi connectivity index (χ0n) is 11.5. The van der Waals surface area contributed by atoms with E-state index in [0.717, 1.165) is 22.9 Å².